The van der Waals surface area contributed by atoms with Crippen LogP contribution in [0.3, 0.4) is 0 Å². The van der Waals surface area contributed by atoms with Gasteiger partial charge in [-0.25, -0.2) is 34.5 Å². The van der Waals surface area contributed by atoms with Crippen molar-refractivity contribution in [1.29, 1.82) is 0 Å². The fourth-order valence-electron chi connectivity index (χ4n) is 2.43. The summed E-state index contributed by atoms with van der Waals surface area (Å²) >= 11 is 0. The van der Waals surface area contributed by atoms with Crippen LogP contribution < -0.4 is 4.57 Å². The summed E-state index contributed by atoms with van der Waals surface area (Å²) in [6.07, 6.45) is 22.6. The van der Waals surface area contributed by atoms with Gasteiger partial charge in [0.2, 0.25) is 0 Å². The van der Waals surface area contributed by atoms with Gasteiger partial charge in [0, 0.05) is 73.6 Å². The van der Waals surface area contributed by atoms with Gasteiger partial charge in [0.05, 0.1) is 11.4 Å². The molecule has 0 amide bonds. The van der Waals surface area contributed by atoms with Crippen LogP contribution in [0.4, 0.5) is 0 Å². The third kappa shape index (κ3) is 53.0. The summed E-state index contributed by atoms with van der Waals surface area (Å²) in [4.78, 5) is 30.6. The molecule has 306 valence electrons. The lowest BCUT2D eigenvalue weighted by atomic mass is 10.3. The molecule has 6 aromatic heterocycles. The summed E-state index contributed by atoms with van der Waals surface area (Å²) < 4.78 is 2.02. The summed E-state index contributed by atoms with van der Waals surface area (Å²) in [5.74, 6) is 0.822. The number of aryl methyl sites for hydroxylation is 7. The lowest BCUT2D eigenvalue weighted by Crippen LogP contribution is -2.25. The molecule has 0 saturated carbocycles. The Hall–Kier alpha value is -5.45. The van der Waals surface area contributed by atoms with Crippen molar-refractivity contribution in [2.24, 2.45) is 7.05 Å². The standard InChI is InChI=1S/C7H10N.5C5H6N2.6C2H6/c1-7-3-5-8(2)6-4-7;1-5-2-6-4-7-3-5;1-5-4-6-2-3-7-5;1-5-2-3-6-4-7-5;1-5-6-3-2-4-7-5;1-5-3-2-4-6-7-5;6*1-2/h3-6H,1-2H3;5*2-4H,1H3;6*1-2H3/q+1;;;;;;;;;;;. The van der Waals surface area contributed by atoms with Crippen LogP contribution in [0.15, 0.2) is 117 Å². The van der Waals surface area contributed by atoms with E-state index >= 15 is 0 Å². The zero-order valence-corrected chi connectivity index (χ0v) is 37.9. The van der Waals surface area contributed by atoms with Gasteiger partial charge in [-0.1, -0.05) is 83.1 Å². The van der Waals surface area contributed by atoms with E-state index in [-0.39, 0.29) is 0 Å². The molecule has 0 atom stereocenters. The van der Waals surface area contributed by atoms with Gasteiger partial charge in [0.25, 0.3) is 0 Å². The van der Waals surface area contributed by atoms with Crippen molar-refractivity contribution in [2.75, 3.05) is 0 Å². The van der Waals surface area contributed by atoms with E-state index < -0.39 is 0 Å². The average molecular weight is 759 g/mol. The topological polar surface area (TPSA) is 133 Å². The zero-order valence-electron chi connectivity index (χ0n) is 37.9. The Labute approximate surface area is 336 Å². The van der Waals surface area contributed by atoms with Crippen molar-refractivity contribution >= 4 is 0 Å². The molecule has 0 saturated heterocycles. The van der Waals surface area contributed by atoms with Gasteiger partial charge in [0.1, 0.15) is 25.5 Å². The van der Waals surface area contributed by atoms with E-state index in [9.17, 15) is 0 Å². The maximum Gasteiger partial charge on any atom is 0.168 e. The van der Waals surface area contributed by atoms with Gasteiger partial charge in [-0.15, -0.1) is 0 Å². The molecular weight excluding hydrogens is 683 g/mol. The number of aromatic nitrogens is 11. The first-order valence-electron chi connectivity index (χ1n) is 19.3. The first-order valence-corrected chi connectivity index (χ1v) is 19.3. The number of hydrogen-bond donors (Lipinski definition) is 0. The quantitative estimate of drug-likeness (QED) is 0.138. The van der Waals surface area contributed by atoms with Crippen molar-refractivity contribution in [1.82, 2.24) is 50.1 Å². The monoisotopic (exact) mass is 759 g/mol. The minimum atomic E-state index is 0.822. The predicted octanol–water partition coefficient (Wildman–Crippen LogP) is 10.9. The molecule has 55 heavy (non-hydrogen) atoms. The second-order valence-corrected chi connectivity index (χ2v) is 8.82. The number of pyridine rings is 1. The second-order valence-electron chi connectivity index (χ2n) is 8.82. The van der Waals surface area contributed by atoms with Crippen molar-refractivity contribution < 1.29 is 4.57 Å². The Morgan fingerprint density at radius 1 is 0.400 bits per heavy atom. The molecule has 0 fully saturated rings. The lowest BCUT2D eigenvalue weighted by molar-refractivity contribution is -0.671. The Balaban J connectivity index is -0.000000124. The average Bonchev–Trinajstić information content (AvgIpc) is 3.26. The third-order valence-corrected chi connectivity index (χ3v) is 4.66. The van der Waals surface area contributed by atoms with Gasteiger partial charge in [0.15, 0.2) is 12.4 Å². The third-order valence-electron chi connectivity index (χ3n) is 4.66. The fraction of sp³-hybridized carbons (Fsp3) is 0.432. The summed E-state index contributed by atoms with van der Waals surface area (Å²) in [5, 5.41) is 7.36. The van der Waals surface area contributed by atoms with Crippen molar-refractivity contribution in [2.45, 2.75) is 125 Å². The Morgan fingerprint density at radius 2 is 0.945 bits per heavy atom. The maximum atomic E-state index is 3.92. The molecule has 0 aliphatic heterocycles. The smallest absolute Gasteiger partial charge is 0.168 e. The van der Waals surface area contributed by atoms with Crippen LogP contribution in [0, 0.1) is 41.5 Å². The highest BCUT2D eigenvalue weighted by Gasteiger charge is 1.86. The minimum Gasteiger partial charge on any atom is -0.261 e. The van der Waals surface area contributed by atoms with Crippen molar-refractivity contribution in [3.63, 3.8) is 0 Å². The molecule has 0 spiro atoms. The normalized spacial score (nSPS) is 7.55. The molecular formula is C44H76N11+. The van der Waals surface area contributed by atoms with Crippen LogP contribution in [-0.4, -0.2) is 50.1 Å². The number of hydrogen-bond acceptors (Lipinski definition) is 10. The van der Waals surface area contributed by atoms with E-state index in [0.29, 0.717) is 0 Å². The first-order chi connectivity index (χ1) is 26.8. The SMILES string of the molecule is CC.CC.CC.CC.CC.CC.Cc1cc[n+](C)cc1.Cc1cccnn1.Cc1ccncn1.Cc1cnccn1.Cc1cncnc1.Cc1ncccn1. The molecule has 0 aromatic carbocycles. The Morgan fingerprint density at radius 3 is 1.18 bits per heavy atom. The van der Waals surface area contributed by atoms with Gasteiger partial charge in [-0.05, 0) is 76.9 Å². The summed E-state index contributed by atoms with van der Waals surface area (Å²) in [6, 6.07) is 11.6. The van der Waals surface area contributed by atoms with E-state index in [2.05, 4.69) is 69.1 Å². The molecule has 6 rings (SSSR count). The largest absolute Gasteiger partial charge is 0.261 e. The minimum absolute atomic E-state index is 0.822. The van der Waals surface area contributed by atoms with Crippen LogP contribution in [0.2, 0.25) is 0 Å². The molecule has 0 radical (unpaired) electrons. The Bertz CT molecular complexity index is 1210. The van der Waals surface area contributed by atoms with Crippen molar-refractivity contribution in [3.8, 4) is 0 Å². The van der Waals surface area contributed by atoms with Crippen LogP contribution in [-0.2, 0) is 7.05 Å². The molecule has 0 bridgehead atoms. The molecule has 11 heteroatoms. The molecule has 6 aromatic rings. The van der Waals surface area contributed by atoms with E-state index in [1.165, 1.54) is 18.2 Å². The van der Waals surface area contributed by atoms with Crippen LogP contribution in [0.5, 0.6) is 0 Å². The molecule has 0 unspecified atom stereocenters. The maximum absolute atomic E-state index is 3.92. The highest BCUT2D eigenvalue weighted by atomic mass is 15.1. The van der Waals surface area contributed by atoms with Gasteiger partial charge in [-0.3, -0.25) is 9.97 Å². The molecule has 11 nitrogen and oxygen atoms in total. The summed E-state index contributed by atoms with van der Waals surface area (Å²) in [7, 11) is 2.01. The zero-order chi connectivity index (χ0) is 43.5. The molecule has 6 heterocycles. The summed E-state index contributed by atoms with van der Waals surface area (Å²) in [6.45, 7) is 35.7. The lowest BCUT2D eigenvalue weighted by Gasteiger charge is -1.85. The second kappa shape index (κ2) is 55.3. The highest BCUT2D eigenvalue weighted by Crippen LogP contribution is 1.88. The van der Waals surface area contributed by atoms with Crippen molar-refractivity contribution in [3.05, 3.63) is 151 Å². The highest BCUT2D eigenvalue weighted by molar-refractivity contribution is 5.03. The van der Waals surface area contributed by atoms with Gasteiger partial charge >= 0.3 is 0 Å². The van der Waals surface area contributed by atoms with Crippen LogP contribution in [0.25, 0.3) is 0 Å². The van der Waals surface area contributed by atoms with Crippen LogP contribution in [0.1, 0.15) is 117 Å². The molecule has 0 N–H and O–H groups in total. The molecule has 0 aliphatic carbocycles. The molecule has 0 aliphatic rings. The van der Waals surface area contributed by atoms with Gasteiger partial charge in [-0.2, -0.15) is 10.2 Å². The Kier molecular flexibility index (Phi) is 61.9. The fourth-order valence-corrected chi connectivity index (χ4v) is 2.43. The van der Waals surface area contributed by atoms with Gasteiger partial charge < -0.3 is 0 Å². The van der Waals surface area contributed by atoms with E-state index in [4.69, 9.17) is 0 Å². The predicted molar refractivity (Wildman–Crippen MR) is 234 cm³/mol. The number of rotatable bonds is 0. The van der Waals surface area contributed by atoms with Crippen LogP contribution >= 0.6 is 0 Å². The number of nitrogens with zero attached hydrogens (tertiary/aromatic N) is 11. The summed E-state index contributed by atoms with van der Waals surface area (Å²) in [5.41, 5.74) is 5.34. The first kappa shape index (κ1) is 61.6. The van der Waals surface area contributed by atoms with E-state index in [1.807, 2.05) is 160 Å². The van der Waals surface area contributed by atoms with E-state index in [1.54, 1.807) is 61.8 Å². The van der Waals surface area contributed by atoms with E-state index in [0.717, 1.165) is 28.5 Å².